The van der Waals surface area contributed by atoms with Crippen LogP contribution in [0.3, 0.4) is 0 Å². The molecule has 0 spiro atoms. The molecule has 0 aliphatic rings. The number of halogens is 1. The molecule has 0 aliphatic carbocycles. The lowest BCUT2D eigenvalue weighted by Crippen LogP contribution is -2.27. The minimum atomic E-state index is -0.351. The highest BCUT2D eigenvalue weighted by Gasteiger charge is 2.27. The minimum Gasteiger partial charge on any atom is -0.323 e. The van der Waals surface area contributed by atoms with Crippen LogP contribution in [0, 0.1) is 5.92 Å². The predicted molar refractivity (Wildman–Crippen MR) is 75.6 cm³/mol. The molecule has 0 aliphatic heterocycles. The molecule has 2 aromatic rings. The van der Waals surface area contributed by atoms with Crippen LogP contribution in [0.25, 0.3) is 0 Å². The van der Waals surface area contributed by atoms with Gasteiger partial charge in [0.15, 0.2) is 10.4 Å². The Hall–Kier alpha value is -1.53. The average Bonchev–Trinajstić information content (AvgIpc) is 2.77. The number of ketones is 1. The summed E-state index contributed by atoms with van der Waals surface area (Å²) in [6.07, 6.45) is 0. The van der Waals surface area contributed by atoms with Crippen LogP contribution in [-0.2, 0) is 7.05 Å². The number of hydrogen-bond acceptors (Lipinski definition) is 4. The highest BCUT2D eigenvalue weighted by atomic mass is 79.9. The second-order valence-corrected chi connectivity index (χ2v) is 5.19. The van der Waals surface area contributed by atoms with Crippen molar-refractivity contribution in [3.8, 4) is 0 Å². The minimum absolute atomic E-state index is 0.0734. The van der Waals surface area contributed by atoms with Crippen molar-refractivity contribution in [1.29, 1.82) is 0 Å². The van der Waals surface area contributed by atoms with Crippen molar-refractivity contribution in [3.63, 3.8) is 0 Å². The van der Waals surface area contributed by atoms with Crippen LogP contribution < -0.4 is 5.73 Å². The van der Waals surface area contributed by atoms with Crippen LogP contribution in [-0.4, -0.2) is 20.8 Å². The molecule has 2 unspecified atom stereocenters. The monoisotopic (exact) mass is 322 g/mol. The Morgan fingerprint density at radius 3 is 2.53 bits per heavy atom. The number of hydrogen-bond donors (Lipinski definition) is 1. The van der Waals surface area contributed by atoms with Crippen LogP contribution in [0.1, 0.15) is 29.0 Å². The van der Waals surface area contributed by atoms with Crippen molar-refractivity contribution in [2.75, 3.05) is 0 Å². The zero-order chi connectivity index (χ0) is 14.0. The predicted octanol–water partition coefficient (Wildman–Crippen LogP) is 2.10. The number of nitrogens with zero attached hydrogens (tertiary/aromatic N) is 3. The van der Waals surface area contributed by atoms with E-state index in [9.17, 15) is 4.79 Å². The third kappa shape index (κ3) is 2.74. The van der Waals surface area contributed by atoms with Crippen molar-refractivity contribution in [2.45, 2.75) is 13.0 Å². The summed E-state index contributed by atoms with van der Waals surface area (Å²) >= 11 is 3.24. The molecule has 2 rings (SSSR count). The second kappa shape index (κ2) is 5.63. The van der Waals surface area contributed by atoms with Gasteiger partial charge in [-0.15, -0.1) is 5.10 Å². The lowest BCUT2D eigenvalue weighted by atomic mass is 9.91. The summed E-state index contributed by atoms with van der Waals surface area (Å²) in [5.74, 6) is -0.424. The van der Waals surface area contributed by atoms with Crippen LogP contribution in [0.15, 0.2) is 34.9 Å². The normalized spacial score (nSPS) is 14.1. The SMILES string of the molecule is CC(C(=O)c1c(Br)nnn1C)C(N)c1ccccc1. The number of benzene rings is 1. The summed E-state index contributed by atoms with van der Waals surface area (Å²) in [4.78, 5) is 12.5. The Morgan fingerprint density at radius 2 is 2.00 bits per heavy atom. The number of carbonyl (C=O) groups excluding carboxylic acids is 1. The van der Waals surface area contributed by atoms with Gasteiger partial charge in [-0.25, -0.2) is 4.68 Å². The molecule has 0 amide bonds. The van der Waals surface area contributed by atoms with Gasteiger partial charge in [0.1, 0.15) is 5.69 Å². The lowest BCUT2D eigenvalue weighted by Gasteiger charge is -2.19. The molecule has 100 valence electrons. The maximum Gasteiger partial charge on any atom is 0.188 e. The molecule has 1 aromatic carbocycles. The molecule has 1 aromatic heterocycles. The Morgan fingerprint density at radius 1 is 1.37 bits per heavy atom. The van der Waals surface area contributed by atoms with Crippen molar-refractivity contribution < 1.29 is 4.79 Å². The van der Waals surface area contributed by atoms with Gasteiger partial charge < -0.3 is 5.73 Å². The molecule has 0 saturated heterocycles. The lowest BCUT2D eigenvalue weighted by molar-refractivity contribution is 0.0902. The van der Waals surface area contributed by atoms with E-state index in [1.807, 2.05) is 37.3 Å². The summed E-state index contributed by atoms with van der Waals surface area (Å²) in [6.45, 7) is 1.82. The summed E-state index contributed by atoms with van der Waals surface area (Å²) in [7, 11) is 1.69. The maximum atomic E-state index is 12.5. The molecule has 0 bridgehead atoms. The van der Waals surface area contributed by atoms with Gasteiger partial charge in [0.2, 0.25) is 0 Å². The molecule has 2 atom stereocenters. The number of aryl methyl sites for hydroxylation is 1. The van der Waals surface area contributed by atoms with E-state index in [2.05, 4.69) is 26.2 Å². The highest BCUT2D eigenvalue weighted by molar-refractivity contribution is 9.10. The molecule has 0 fully saturated rings. The van der Waals surface area contributed by atoms with Gasteiger partial charge in [-0.1, -0.05) is 42.5 Å². The van der Waals surface area contributed by atoms with E-state index in [4.69, 9.17) is 5.73 Å². The van der Waals surface area contributed by atoms with Crippen molar-refractivity contribution >= 4 is 21.7 Å². The van der Waals surface area contributed by atoms with Gasteiger partial charge >= 0.3 is 0 Å². The van der Waals surface area contributed by atoms with Crippen molar-refractivity contribution in [2.24, 2.45) is 18.7 Å². The zero-order valence-electron chi connectivity index (χ0n) is 10.7. The van der Waals surface area contributed by atoms with E-state index in [0.717, 1.165) is 5.56 Å². The number of carbonyl (C=O) groups is 1. The van der Waals surface area contributed by atoms with Crippen LogP contribution in [0.2, 0.25) is 0 Å². The Labute approximate surface area is 119 Å². The topological polar surface area (TPSA) is 73.8 Å². The molecule has 5 nitrogen and oxygen atoms in total. The van der Waals surface area contributed by atoms with Gasteiger partial charge in [0.25, 0.3) is 0 Å². The summed E-state index contributed by atoms with van der Waals surface area (Å²) in [6, 6.07) is 9.23. The van der Waals surface area contributed by atoms with E-state index in [1.54, 1.807) is 7.05 Å². The van der Waals surface area contributed by atoms with Crippen LogP contribution >= 0.6 is 15.9 Å². The fraction of sp³-hybridized carbons (Fsp3) is 0.308. The first-order valence-electron chi connectivity index (χ1n) is 5.92. The molecule has 1 heterocycles. The maximum absolute atomic E-state index is 12.5. The molecule has 6 heteroatoms. The standard InChI is InChI=1S/C13H15BrN4O/c1-8(10(15)9-6-4-3-5-7-9)12(19)11-13(14)16-17-18(11)2/h3-8,10H,15H2,1-2H3. The van der Waals surface area contributed by atoms with Crippen LogP contribution in [0.5, 0.6) is 0 Å². The molecule has 0 radical (unpaired) electrons. The van der Waals surface area contributed by atoms with E-state index in [1.165, 1.54) is 4.68 Å². The smallest absolute Gasteiger partial charge is 0.188 e. The number of aromatic nitrogens is 3. The molecule has 19 heavy (non-hydrogen) atoms. The van der Waals surface area contributed by atoms with Gasteiger partial charge in [-0.2, -0.15) is 0 Å². The van der Waals surface area contributed by atoms with Gasteiger partial charge in [-0.3, -0.25) is 4.79 Å². The zero-order valence-corrected chi connectivity index (χ0v) is 12.3. The van der Waals surface area contributed by atoms with Gasteiger partial charge in [0, 0.05) is 19.0 Å². The second-order valence-electron chi connectivity index (χ2n) is 4.44. The summed E-state index contributed by atoms with van der Waals surface area (Å²) in [5.41, 5.74) is 7.54. The van der Waals surface area contributed by atoms with Gasteiger partial charge in [-0.05, 0) is 21.5 Å². The molecular weight excluding hydrogens is 308 g/mol. The Balaban J connectivity index is 2.25. The number of rotatable bonds is 4. The van der Waals surface area contributed by atoms with E-state index in [0.29, 0.717) is 10.3 Å². The molecule has 2 N–H and O–H groups in total. The third-order valence-corrected chi connectivity index (χ3v) is 3.69. The first-order chi connectivity index (χ1) is 9.02. The van der Waals surface area contributed by atoms with E-state index >= 15 is 0 Å². The van der Waals surface area contributed by atoms with Crippen LogP contribution in [0.4, 0.5) is 0 Å². The summed E-state index contributed by atoms with van der Waals surface area (Å²) in [5, 5.41) is 7.63. The number of nitrogens with two attached hydrogens (primary N) is 1. The fourth-order valence-corrected chi connectivity index (χ4v) is 2.46. The highest BCUT2D eigenvalue weighted by Crippen LogP contribution is 2.24. The van der Waals surface area contributed by atoms with Crippen molar-refractivity contribution in [3.05, 3.63) is 46.2 Å². The molecule has 0 saturated carbocycles. The van der Waals surface area contributed by atoms with E-state index < -0.39 is 0 Å². The first-order valence-corrected chi connectivity index (χ1v) is 6.71. The fourth-order valence-electron chi connectivity index (χ4n) is 1.94. The quantitative estimate of drug-likeness (QED) is 0.875. The average molecular weight is 323 g/mol. The Bertz CT molecular complexity index is 562. The largest absolute Gasteiger partial charge is 0.323 e. The van der Waals surface area contributed by atoms with Crippen molar-refractivity contribution in [1.82, 2.24) is 15.0 Å². The van der Waals surface area contributed by atoms with Gasteiger partial charge in [0.05, 0.1) is 0 Å². The number of Topliss-reactive ketones (excluding diaryl/α,β-unsaturated/α-hetero) is 1. The first kappa shape index (κ1) is 13.9. The third-order valence-electron chi connectivity index (χ3n) is 3.16. The Kier molecular flexibility index (Phi) is 4.11. The summed E-state index contributed by atoms with van der Waals surface area (Å²) < 4.78 is 1.91. The van der Waals surface area contributed by atoms with E-state index in [-0.39, 0.29) is 17.7 Å². The molecular formula is C13H15BrN4O.